The number of nitrogens with zero attached hydrogens (tertiary/aromatic N) is 2. The van der Waals surface area contributed by atoms with E-state index in [9.17, 15) is 14.3 Å². The number of halogens is 2. The Hall–Kier alpha value is -1.92. The van der Waals surface area contributed by atoms with Crippen LogP contribution in [0.1, 0.15) is 25.7 Å². The second kappa shape index (κ2) is 5.07. The summed E-state index contributed by atoms with van der Waals surface area (Å²) in [7, 11) is 0. The lowest BCUT2D eigenvalue weighted by Crippen LogP contribution is -2.37. The molecule has 1 saturated heterocycles. The summed E-state index contributed by atoms with van der Waals surface area (Å²) in [6.07, 6.45) is 3.22. The van der Waals surface area contributed by atoms with E-state index < -0.39 is 23.4 Å². The number of carbonyl (C=O) groups is 1. The minimum absolute atomic E-state index is 0.00673. The molecule has 1 fully saturated rings. The third-order valence-electron chi connectivity index (χ3n) is 4.25. The SMILES string of the molecule is CC1C(=O)N[C@H](c2nccn2-c2ccc(F)c(Cl)c2)[C@]1(C)O. The van der Waals surface area contributed by atoms with Gasteiger partial charge in [0.05, 0.1) is 10.9 Å². The molecule has 1 aromatic heterocycles. The van der Waals surface area contributed by atoms with Gasteiger partial charge in [-0.2, -0.15) is 0 Å². The Labute approximate surface area is 131 Å². The predicted molar refractivity (Wildman–Crippen MR) is 79.2 cm³/mol. The average Bonchev–Trinajstić information content (AvgIpc) is 3.01. The van der Waals surface area contributed by atoms with E-state index in [4.69, 9.17) is 11.6 Å². The maximum Gasteiger partial charge on any atom is 0.226 e. The van der Waals surface area contributed by atoms with Crippen molar-refractivity contribution in [3.8, 4) is 5.69 Å². The maximum absolute atomic E-state index is 13.3. The van der Waals surface area contributed by atoms with Crippen LogP contribution in [0.5, 0.6) is 0 Å². The average molecular weight is 324 g/mol. The summed E-state index contributed by atoms with van der Waals surface area (Å²) in [6.45, 7) is 3.26. The first-order valence-corrected chi connectivity index (χ1v) is 7.21. The highest BCUT2D eigenvalue weighted by atomic mass is 35.5. The molecule has 1 unspecified atom stereocenters. The third-order valence-corrected chi connectivity index (χ3v) is 4.54. The van der Waals surface area contributed by atoms with Crippen molar-refractivity contribution in [1.82, 2.24) is 14.9 Å². The Balaban J connectivity index is 2.06. The van der Waals surface area contributed by atoms with E-state index in [2.05, 4.69) is 10.3 Å². The van der Waals surface area contributed by atoms with Crippen LogP contribution in [0, 0.1) is 11.7 Å². The van der Waals surface area contributed by atoms with Gasteiger partial charge < -0.3 is 15.0 Å². The summed E-state index contributed by atoms with van der Waals surface area (Å²) < 4.78 is 15.0. The second-order valence-corrected chi connectivity index (χ2v) is 6.05. The molecule has 2 N–H and O–H groups in total. The van der Waals surface area contributed by atoms with E-state index >= 15 is 0 Å². The molecule has 0 bridgehead atoms. The van der Waals surface area contributed by atoms with Gasteiger partial charge in [-0.05, 0) is 25.1 Å². The molecule has 22 heavy (non-hydrogen) atoms. The van der Waals surface area contributed by atoms with E-state index in [1.807, 2.05) is 0 Å². The summed E-state index contributed by atoms with van der Waals surface area (Å²) in [6, 6.07) is 3.63. The Kier molecular flexibility index (Phi) is 3.45. The number of rotatable bonds is 2. The van der Waals surface area contributed by atoms with Crippen LogP contribution in [0.4, 0.5) is 4.39 Å². The largest absolute Gasteiger partial charge is 0.387 e. The molecule has 0 radical (unpaired) electrons. The molecule has 1 aliphatic rings. The van der Waals surface area contributed by atoms with Gasteiger partial charge in [0.1, 0.15) is 23.3 Å². The molecule has 3 rings (SSSR count). The highest BCUT2D eigenvalue weighted by Crippen LogP contribution is 2.37. The molecule has 1 aromatic carbocycles. The first-order chi connectivity index (χ1) is 10.3. The van der Waals surface area contributed by atoms with Crippen molar-refractivity contribution in [2.75, 3.05) is 0 Å². The molecule has 0 aliphatic carbocycles. The molecule has 1 amide bonds. The smallest absolute Gasteiger partial charge is 0.226 e. The fourth-order valence-corrected chi connectivity index (χ4v) is 2.81. The number of hydrogen-bond acceptors (Lipinski definition) is 3. The Morgan fingerprint density at radius 3 is 2.82 bits per heavy atom. The third kappa shape index (κ3) is 2.19. The quantitative estimate of drug-likeness (QED) is 0.890. The van der Waals surface area contributed by atoms with Crippen molar-refractivity contribution < 1.29 is 14.3 Å². The van der Waals surface area contributed by atoms with E-state index in [1.165, 1.54) is 12.1 Å². The molecule has 3 atom stereocenters. The number of hydrogen-bond donors (Lipinski definition) is 2. The molecule has 1 aliphatic heterocycles. The zero-order valence-electron chi connectivity index (χ0n) is 12.0. The summed E-state index contributed by atoms with van der Waals surface area (Å²) in [5.41, 5.74) is -0.673. The van der Waals surface area contributed by atoms with Gasteiger partial charge in [0.15, 0.2) is 0 Å². The first-order valence-electron chi connectivity index (χ1n) is 6.84. The fourth-order valence-electron chi connectivity index (χ4n) is 2.64. The lowest BCUT2D eigenvalue weighted by Gasteiger charge is -2.27. The molecule has 0 spiro atoms. The van der Waals surface area contributed by atoms with E-state index in [1.54, 1.807) is 36.9 Å². The topological polar surface area (TPSA) is 67.2 Å². The van der Waals surface area contributed by atoms with E-state index in [0.29, 0.717) is 11.5 Å². The number of amides is 1. The van der Waals surface area contributed by atoms with E-state index in [0.717, 1.165) is 0 Å². The summed E-state index contributed by atoms with van der Waals surface area (Å²) in [4.78, 5) is 16.1. The molecule has 0 saturated carbocycles. The van der Waals surface area contributed by atoms with Crippen LogP contribution >= 0.6 is 11.6 Å². The van der Waals surface area contributed by atoms with Crippen molar-refractivity contribution in [2.24, 2.45) is 5.92 Å². The Bertz CT molecular complexity index is 744. The standard InChI is InChI=1S/C15H15ClFN3O2/c1-8-14(21)19-12(15(8,2)22)13-18-5-6-20(13)9-3-4-11(17)10(16)7-9/h3-8,12,22H,1-2H3,(H,19,21)/t8?,12-,15-/m1/s1. The normalized spacial score (nSPS) is 28.0. The van der Waals surface area contributed by atoms with Crippen molar-refractivity contribution in [2.45, 2.75) is 25.5 Å². The number of aromatic nitrogens is 2. The Morgan fingerprint density at radius 1 is 1.50 bits per heavy atom. The van der Waals surface area contributed by atoms with Gasteiger partial charge in [0.2, 0.25) is 5.91 Å². The molecule has 2 heterocycles. The maximum atomic E-state index is 13.3. The lowest BCUT2D eigenvalue weighted by molar-refractivity contribution is -0.124. The monoisotopic (exact) mass is 323 g/mol. The van der Waals surface area contributed by atoms with Gasteiger partial charge >= 0.3 is 0 Å². The lowest BCUT2D eigenvalue weighted by atomic mass is 9.88. The highest BCUT2D eigenvalue weighted by molar-refractivity contribution is 6.30. The van der Waals surface area contributed by atoms with E-state index in [-0.39, 0.29) is 10.9 Å². The summed E-state index contributed by atoms with van der Waals surface area (Å²) in [5.74, 6) is -0.839. The predicted octanol–water partition coefficient (Wildman–Crippen LogP) is 2.22. The number of aliphatic hydroxyl groups is 1. The van der Waals surface area contributed by atoms with Crippen LogP contribution in [0.25, 0.3) is 5.69 Å². The molecule has 2 aromatic rings. The van der Waals surface area contributed by atoms with Crippen LogP contribution in [-0.2, 0) is 4.79 Å². The van der Waals surface area contributed by atoms with Crippen molar-refractivity contribution in [3.63, 3.8) is 0 Å². The van der Waals surface area contributed by atoms with Gasteiger partial charge in [0, 0.05) is 18.1 Å². The minimum Gasteiger partial charge on any atom is -0.387 e. The van der Waals surface area contributed by atoms with Crippen molar-refractivity contribution in [1.29, 1.82) is 0 Å². The highest BCUT2D eigenvalue weighted by Gasteiger charge is 2.50. The van der Waals surface area contributed by atoms with Crippen LogP contribution < -0.4 is 5.32 Å². The fraction of sp³-hybridized carbons (Fsp3) is 0.333. The van der Waals surface area contributed by atoms with Crippen LogP contribution in [-0.4, -0.2) is 26.2 Å². The number of carbonyl (C=O) groups excluding carboxylic acids is 1. The van der Waals surface area contributed by atoms with Gasteiger partial charge in [-0.25, -0.2) is 9.37 Å². The molecular formula is C15H15ClFN3O2. The zero-order valence-corrected chi connectivity index (χ0v) is 12.8. The van der Waals surface area contributed by atoms with Crippen LogP contribution in [0.15, 0.2) is 30.6 Å². The number of nitrogens with one attached hydrogen (secondary N) is 1. The second-order valence-electron chi connectivity index (χ2n) is 5.64. The van der Waals surface area contributed by atoms with Crippen molar-refractivity contribution >= 4 is 17.5 Å². The number of imidazole rings is 1. The van der Waals surface area contributed by atoms with Gasteiger partial charge in [-0.15, -0.1) is 0 Å². The summed E-state index contributed by atoms with van der Waals surface area (Å²) >= 11 is 5.82. The zero-order chi connectivity index (χ0) is 16.1. The molecule has 7 heteroatoms. The first kappa shape index (κ1) is 15.0. The van der Waals surface area contributed by atoms with Gasteiger partial charge in [-0.1, -0.05) is 18.5 Å². The minimum atomic E-state index is -1.27. The van der Waals surface area contributed by atoms with Gasteiger partial charge in [0.25, 0.3) is 0 Å². The summed E-state index contributed by atoms with van der Waals surface area (Å²) in [5, 5.41) is 13.4. The molecule has 116 valence electrons. The van der Waals surface area contributed by atoms with Crippen molar-refractivity contribution in [3.05, 3.63) is 47.3 Å². The van der Waals surface area contributed by atoms with Crippen LogP contribution in [0.3, 0.4) is 0 Å². The Morgan fingerprint density at radius 2 is 2.23 bits per heavy atom. The molecule has 5 nitrogen and oxygen atoms in total. The van der Waals surface area contributed by atoms with Gasteiger partial charge in [-0.3, -0.25) is 4.79 Å². The van der Waals surface area contributed by atoms with Crippen LogP contribution in [0.2, 0.25) is 5.02 Å². The number of benzene rings is 1. The molecular weight excluding hydrogens is 309 g/mol.